The normalized spacial score (nSPS) is 27.2. The van der Waals surface area contributed by atoms with E-state index >= 15 is 0 Å². The molecule has 0 radical (unpaired) electrons. The molecule has 1 fully saturated rings. The Kier molecular flexibility index (Phi) is 4.98. The molecule has 19 heavy (non-hydrogen) atoms. The topological polar surface area (TPSA) is 89.7 Å². The Morgan fingerprint density at radius 3 is 2.37 bits per heavy atom. The van der Waals surface area contributed by atoms with Crippen LogP contribution < -0.4 is 5.73 Å². The van der Waals surface area contributed by atoms with Gasteiger partial charge in [-0.2, -0.15) is 0 Å². The maximum atomic E-state index is 11.9. The molecule has 2 amide bonds. The quantitative estimate of drug-likeness (QED) is 0.435. The van der Waals surface area contributed by atoms with Gasteiger partial charge < -0.3 is 0 Å². The number of methoxy groups -OCH3 is 1. The third kappa shape index (κ3) is 3.48. The van der Waals surface area contributed by atoms with Crippen molar-refractivity contribution in [1.82, 2.24) is 4.90 Å². The van der Waals surface area contributed by atoms with Crippen molar-refractivity contribution in [3.63, 3.8) is 0 Å². The van der Waals surface area contributed by atoms with E-state index in [9.17, 15) is 14.4 Å². The second-order valence-corrected chi connectivity index (χ2v) is 8.36. The molecule has 0 aromatic carbocycles. The van der Waals surface area contributed by atoms with Gasteiger partial charge in [-0.15, -0.1) is 0 Å². The van der Waals surface area contributed by atoms with E-state index in [1.807, 2.05) is 20.8 Å². The van der Waals surface area contributed by atoms with E-state index in [1.54, 1.807) is 0 Å². The van der Waals surface area contributed by atoms with Crippen LogP contribution in [0.5, 0.6) is 0 Å². The van der Waals surface area contributed by atoms with Gasteiger partial charge in [-0.05, 0) is 0 Å². The van der Waals surface area contributed by atoms with Crippen LogP contribution in [-0.2, 0) is 19.1 Å². The first-order valence-corrected chi connectivity index (χ1v) is 7.94. The molecule has 0 aromatic heterocycles. The van der Waals surface area contributed by atoms with E-state index in [2.05, 4.69) is 0 Å². The van der Waals surface area contributed by atoms with Crippen molar-refractivity contribution in [2.45, 2.75) is 43.0 Å². The number of nitrogens with zero attached hydrogens (tertiary/aromatic N) is 1. The number of carbonyl (C=O) groups is 3. The Morgan fingerprint density at radius 2 is 2.00 bits per heavy atom. The minimum absolute atomic E-state index is 0.0500. The van der Waals surface area contributed by atoms with Crippen LogP contribution in [0.3, 0.4) is 0 Å². The van der Waals surface area contributed by atoms with Gasteiger partial charge in [0.15, 0.2) is 0 Å². The van der Waals surface area contributed by atoms with Gasteiger partial charge in [-0.1, -0.05) is 0 Å². The van der Waals surface area contributed by atoms with Crippen molar-refractivity contribution in [1.29, 1.82) is 0 Å². The monoisotopic (exact) mass is 336 g/mol. The summed E-state index contributed by atoms with van der Waals surface area (Å²) in [4.78, 5) is 35.6. The van der Waals surface area contributed by atoms with Gasteiger partial charge in [0.2, 0.25) is 0 Å². The Balaban J connectivity index is 3.08. The van der Waals surface area contributed by atoms with Gasteiger partial charge in [0, 0.05) is 0 Å². The molecule has 108 valence electrons. The molecule has 0 unspecified atom stereocenters. The second-order valence-electron chi connectivity index (χ2n) is 5.58. The fraction of sp³-hybridized carbons (Fsp3) is 0.750. The number of rotatable bonds is 4. The summed E-state index contributed by atoms with van der Waals surface area (Å²) in [6, 6.07) is -0.695. The number of primary amides is 1. The number of esters is 1. The van der Waals surface area contributed by atoms with E-state index in [0.29, 0.717) is 6.41 Å². The predicted octanol–water partition coefficient (Wildman–Crippen LogP) is -0.260. The number of carbonyl (C=O) groups excluding carboxylic acids is 3. The summed E-state index contributed by atoms with van der Waals surface area (Å²) >= 11 is -0.0625. The Hall–Kier alpha value is -1.07. The first-order chi connectivity index (χ1) is 8.72. The number of hydrogen-bond donors (Lipinski definition) is 1. The van der Waals surface area contributed by atoms with E-state index in [1.165, 1.54) is 12.0 Å². The van der Waals surface area contributed by atoms with E-state index in [-0.39, 0.29) is 36.5 Å². The standard InChI is InChI=1S/C12H20N2O4Se/c1-12(2,3)11-14(6-15)9(10(17)18-4)7(19-11)5-8(13)16/h6-7,9,11H,5H2,1-4H3,(H2,13,16)/t7-,9+,11-/m1/s1. The summed E-state index contributed by atoms with van der Waals surface area (Å²) in [6.07, 6.45) is 0.789. The van der Waals surface area contributed by atoms with E-state index < -0.39 is 17.9 Å². The van der Waals surface area contributed by atoms with Crippen molar-refractivity contribution >= 4 is 33.2 Å². The van der Waals surface area contributed by atoms with Crippen LogP contribution in [0.2, 0.25) is 4.82 Å². The molecule has 6 nitrogen and oxygen atoms in total. The molecule has 1 heterocycles. The van der Waals surface area contributed by atoms with Gasteiger partial charge >= 0.3 is 119 Å². The molecule has 0 aromatic rings. The summed E-state index contributed by atoms with van der Waals surface area (Å²) in [6.45, 7) is 6.03. The summed E-state index contributed by atoms with van der Waals surface area (Å²) in [5.41, 5.74) is 5.08. The van der Waals surface area contributed by atoms with Crippen LogP contribution >= 0.6 is 0 Å². The molecule has 1 rings (SSSR count). The number of ether oxygens (including phenoxy) is 1. The SMILES string of the molecule is COC(=O)[C@@H]1[C@@H](CC(N)=O)[Se][C@H](C(C)(C)C)N1C=O. The van der Waals surface area contributed by atoms with Crippen molar-refractivity contribution in [3.8, 4) is 0 Å². The van der Waals surface area contributed by atoms with Crippen LogP contribution in [-0.4, -0.2) is 56.2 Å². The zero-order valence-corrected chi connectivity index (χ0v) is 13.3. The Labute approximate surface area is 119 Å². The average molecular weight is 335 g/mol. The second kappa shape index (κ2) is 5.92. The van der Waals surface area contributed by atoms with Gasteiger partial charge in [0.1, 0.15) is 0 Å². The van der Waals surface area contributed by atoms with Crippen LogP contribution in [0.4, 0.5) is 0 Å². The molecule has 1 saturated heterocycles. The average Bonchev–Trinajstić information content (AvgIpc) is 2.65. The fourth-order valence-electron chi connectivity index (χ4n) is 2.17. The van der Waals surface area contributed by atoms with Crippen molar-refractivity contribution < 1.29 is 19.1 Å². The third-order valence-corrected chi connectivity index (χ3v) is 7.11. The van der Waals surface area contributed by atoms with Crippen molar-refractivity contribution in [2.75, 3.05) is 7.11 Å². The van der Waals surface area contributed by atoms with Crippen molar-refractivity contribution in [3.05, 3.63) is 0 Å². The summed E-state index contributed by atoms with van der Waals surface area (Å²) < 4.78 is 4.76. The Morgan fingerprint density at radius 1 is 1.42 bits per heavy atom. The molecule has 0 spiro atoms. The van der Waals surface area contributed by atoms with E-state index in [0.717, 1.165) is 0 Å². The fourth-order valence-corrected chi connectivity index (χ4v) is 5.78. The van der Waals surface area contributed by atoms with Crippen LogP contribution in [0.15, 0.2) is 0 Å². The molecule has 0 aliphatic carbocycles. The number of amides is 2. The Bertz CT molecular complexity index is 380. The zero-order chi connectivity index (χ0) is 14.8. The van der Waals surface area contributed by atoms with Gasteiger partial charge in [-0.3, -0.25) is 0 Å². The summed E-state index contributed by atoms with van der Waals surface area (Å²) in [7, 11) is 1.28. The zero-order valence-electron chi connectivity index (χ0n) is 11.6. The molecular weight excluding hydrogens is 315 g/mol. The van der Waals surface area contributed by atoms with Crippen molar-refractivity contribution in [2.24, 2.45) is 11.1 Å². The molecule has 3 atom stereocenters. The molecule has 0 saturated carbocycles. The van der Waals surface area contributed by atoms with Gasteiger partial charge in [-0.25, -0.2) is 0 Å². The predicted molar refractivity (Wildman–Crippen MR) is 70.3 cm³/mol. The molecule has 1 aliphatic rings. The summed E-state index contributed by atoms with van der Waals surface area (Å²) in [5, 5.41) is 0. The molecular formula is C12H20N2O4Se. The molecule has 7 heteroatoms. The third-order valence-electron chi connectivity index (χ3n) is 2.96. The first kappa shape index (κ1) is 16.0. The van der Waals surface area contributed by atoms with Gasteiger partial charge in [0.05, 0.1) is 0 Å². The van der Waals surface area contributed by atoms with Gasteiger partial charge in [0.25, 0.3) is 0 Å². The van der Waals surface area contributed by atoms with Crippen LogP contribution in [0, 0.1) is 5.41 Å². The maximum absolute atomic E-state index is 11.9. The number of hydrogen-bond acceptors (Lipinski definition) is 4. The summed E-state index contributed by atoms with van der Waals surface area (Å²) in [5.74, 6) is -0.937. The first-order valence-electron chi connectivity index (χ1n) is 5.96. The van der Waals surface area contributed by atoms with E-state index in [4.69, 9.17) is 10.5 Å². The number of nitrogens with two attached hydrogens (primary N) is 1. The molecule has 0 bridgehead atoms. The molecule has 2 N–H and O–H groups in total. The minimum atomic E-state index is -0.695. The van der Waals surface area contributed by atoms with Crippen LogP contribution in [0.25, 0.3) is 0 Å². The van der Waals surface area contributed by atoms with Crippen LogP contribution in [0.1, 0.15) is 27.2 Å². The molecule has 1 aliphatic heterocycles.